The average Bonchev–Trinajstić information content (AvgIpc) is 3.54. The maximum atomic E-state index is 13.3. The Morgan fingerprint density at radius 1 is 1.13 bits per heavy atom. The minimum Gasteiger partial charge on any atom is -0.497 e. The van der Waals surface area contributed by atoms with Gasteiger partial charge in [0.25, 0.3) is 11.6 Å². The fourth-order valence-corrected chi connectivity index (χ4v) is 5.39. The van der Waals surface area contributed by atoms with Crippen molar-refractivity contribution >= 4 is 38.8 Å². The zero-order valence-corrected chi connectivity index (χ0v) is 21.5. The van der Waals surface area contributed by atoms with Crippen molar-refractivity contribution in [3.8, 4) is 27.4 Å². The molecule has 1 N–H and O–H groups in total. The third-order valence-electron chi connectivity index (χ3n) is 5.93. The van der Waals surface area contributed by atoms with Crippen molar-refractivity contribution in [3.05, 3.63) is 87.8 Å². The Morgan fingerprint density at radius 3 is 2.53 bits per heavy atom. The Hall–Kier alpha value is -4.61. The van der Waals surface area contributed by atoms with Gasteiger partial charge in [-0.05, 0) is 55.0 Å². The Morgan fingerprint density at radius 2 is 1.87 bits per heavy atom. The molecule has 0 spiro atoms. The van der Waals surface area contributed by atoms with E-state index in [2.05, 4.69) is 10.5 Å². The monoisotopic (exact) mass is 530 g/mol. The van der Waals surface area contributed by atoms with Gasteiger partial charge in [-0.25, -0.2) is 4.98 Å². The summed E-state index contributed by atoms with van der Waals surface area (Å²) in [6.45, 7) is 2.21. The number of amides is 1. The van der Waals surface area contributed by atoms with Gasteiger partial charge in [0.1, 0.15) is 22.5 Å². The lowest BCUT2D eigenvalue weighted by molar-refractivity contribution is -0.384. The molecule has 0 aliphatic carbocycles. The van der Waals surface area contributed by atoms with Crippen LogP contribution >= 0.6 is 11.3 Å². The Bertz CT molecular complexity index is 1640. The molecule has 0 fully saturated rings. The van der Waals surface area contributed by atoms with Gasteiger partial charge in [-0.2, -0.15) is 0 Å². The van der Waals surface area contributed by atoms with E-state index in [1.54, 1.807) is 14.2 Å². The number of rotatable bonds is 8. The maximum Gasteiger partial charge on any atom is 0.269 e. The average molecular weight is 531 g/mol. The van der Waals surface area contributed by atoms with Crippen LogP contribution in [0.2, 0.25) is 0 Å². The molecule has 0 saturated heterocycles. The number of thiophene rings is 1. The second kappa shape index (κ2) is 10.4. The lowest BCUT2D eigenvalue weighted by Gasteiger charge is -2.10. The molecule has 0 aliphatic rings. The number of nitro groups is 1. The van der Waals surface area contributed by atoms with Crippen LogP contribution in [0.3, 0.4) is 0 Å². The van der Waals surface area contributed by atoms with Crippen LogP contribution in [0.25, 0.3) is 31.9 Å². The number of fused-ring (bicyclic) bond motifs is 1. The van der Waals surface area contributed by atoms with Gasteiger partial charge in [-0.15, -0.1) is 11.3 Å². The number of nitrogens with zero attached hydrogens (tertiary/aromatic N) is 3. The van der Waals surface area contributed by atoms with E-state index >= 15 is 0 Å². The number of hydrogen-bond acceptors (Lipinski definition) is 9. The first-order chi connectivity index (χ1) is 18.4. The number of hydrogen-bond donors (Lipinski definition) is 1. The molecule has 0 saturated carbocycles. The van der Waals surface area contributed by atoms with Gasteiger partial charge >= 0.3 is 0 Å². The highest BCUT2D eigenvalue weighted by atomic mass is 32.1. The van der Waals surface area contributed by atoms with E-state index in [-0.39, 0.29) is 11.3 Å². The summed E-state index contributed by atoms with van der Waals surface area (Å²) in [6, 6.07) is 14.8. The maximum absolute atomic E-state index is 13.3. The van der Waals surface area contributed by atoms with Crippen molar-refractivity contribution in [1.29, 1.82) is 0 Å². The van der Waals surface area contributed by atoms with E-state index in [0.29, 0.717) is 39.0 Å². The van der Waals surface area contributed by atoms with Crippen molar-refractivity contribution in [3.63, 3.8) is 0 Å². The predicted octanol–water partition coefficient (Wildman–Crippen LogP) is 6.24. The number of methoxy groups -OCH3 is 2. The number of anilines is 1. The molecule has 3 heterocycles. The van der Waals surface area contributed by atoms with E-state index in [1.807, 2.05) is 37.3 Å². The van der Waals surface area contributed by atoms with E-state index in [1.165, 1.54) is 41.9 Å². The SMILES string of the molecule is COCc1cc(C)nc2sc(-c3conc3-c3ccc(OC)cc3)c(NC(=O)c3ccc([N+](=O)[O-])cc3)c12. The summed E-state index contributed by atoms with van der Waals surface area (Å²) in [5.41, 5.74) is 4.46. The molecule has 2 aromatic carbocycles. The molecular formula is C27H22N4O6S. The Kier molecular flexibility index (Phi) is 6.86. The van der Waals surface area contributed by atoms with E-state index in [4.69, 9.17) is 19.0 Å². The summed E-state index contributed by atoms with van der Waals surface area (Å²) in [5, 5.41) is 19.0. The van der Waals surface area contributed by atoms with Crippen LogP contribution < -0.4 is 10.1 Å². The highest BCUT2D eigenvalue weighted by Gasteiger charge is 2.25. The van der Waals surface area contributed by atoms with Gasteiger partial charge in [0.2, 0.25) is 0 Å². The number of non-ortho nitro benzene ring substituents is 1. The largest absolute Gasteiger partial charge is 0.497 e. The molecule has 1 amide bonds. The molecule has 0 unspecified atom stereocenters. The molecule has 0 atom stereocenters. The van der Waals surface area contributed by atoms with Gasteiger partial charge < -0.3 is 19.3 Å². The smallest absolute Gasteiger partial charge is 0.269 e. The van der Waals surface area contributed by atoms with Crippen LogP contribution in [0.1, 0.15) is 21.6 Å². The lowest BCUT2D eigenvalue weighted by Crippen LogP contribution is -2.12. The van der Waals surface area contributed by atoms with Gasteiger partial charge in [0, 0.05) is 41.4 Å². The fourth-order valence-electron chi connectivity index (χ4n) is 4.17. The standard InChI is InChI=1S/C27H22N4O6S/c1-15-12-18(13-35-2)22-24(29-26(32)17-4-8-19(9-5-17)31(33)34)25(38-27(22)28-15)21-14-37-30-23(21)16-6-10-20(36-3)11-7-16/h4-12,14H,13H2,1-3H3,(H,29,32). The van der Waals surface area contributed by atoms with E-state index in [0.717, 1.165) is 22.2 Å². The number of nitro benzene ring substituents is 1. The van der Waals surface area contributed by atoms with Crippen molar-refractivity contribution in [1.82, 2.24) is 10.1 Å². The van der Waals surface area contributed by atoms with Gasteiger partial charge in [-0.3, -0.25) is 14.9 Å². The summed E-state index contributed by atoms with van der Waals surface area (Å²) < 4.78 is 16.1. The predicted molar refractivity (Wildman–Crippen MR) is 144 cm³/mol. The lowest BCUT2D eigenvalue weighted by atomic mass is 10.0. The molecule has 192 valence electrons. The number of nitrogens with one attached hydrogen (secondary N) is 1. The first-order valence-corrected chi connectivity index (χ1v) is 12.3. The third kappa shape index (κ3) is 4.72. The number of aromatic nitrogens is 2. The van der Waals surface area contributed by atoms with E-state index < -0.39 is 10.8 Å². The zero-order valence-electron chi connectivity index (χ0n) is 20.7. The zero-order chi connectivity index (χ0) is 26.8. The summed E-state index contributed by atoms with van der Waals surface area (Å²) in [5.74, 6) is 0.285. The van der Waals surface area contributed by atoms with Crippen LogP contribution in [0, 0.1) is 17.0 Å². The number of carbonyl (C=O) groups is 1. The quantitative estimate of drug-likeness (QED) is 0.184. The molecule has 5 aromatic rings. The number of benzene rings is 2. The van der Waals surface area contributed by atoms with Crippen LogP contribution in [-0.2, 0) is 11.3 Å². The Labute approximate surface area is 221 Å². The highest BCUT2D eigenvalue weighted by Crippen LogP contribution is 2.46. The third-order valence-corrected chi connectivity index (χ3v) is 7.05. The number of carbonyl (C=O) groups excluding carboxylic acids is 1. The van der Waals surface area contributed by atoms with Crippen LogP contribution in [0.15, 0.2) is 65.4 Å². The Balaban J connectivity index is 1.66. The number of aryl methyl sites for hydroxylation is 1. The first kappa shape index (κ1) is 25.1. The van der Waals surface area contributed by atoms with Gasteiger partial charge in [0.15, 0.2) is 0 Å². The fraction of sp³-hybridized carbons (Fsp3) is 0.148. The second-order valence-electron chi connectivity index (χ2n) is 8.41. The molecule has 0 bridgehead atoms. The van der Waals surface area contributed by atoms with Crippen LogP contribution in [-0.4, -0.2) is 35.2 Å². The minimum atomic E-state index is -0.510. The normalized spacial score (nSPS) is 11.0. The van der Waals surface area contributed by atoms with Gasteiger partial charge in [0.05, 0.1) is 34.8 Å². The molecule has 10 nitrogen and oxygen atoms in total. The molecule has 3 aromatic heterocycles. The molecule has 0 radical (unpaired) electrons. The highest BCUT2D eigenvalue weighted by molar-refractivity contribution is 7.22. The van der Waals surface area contributed by atoms with Crippen molar-refractivity contribution in [2.45, 2.75) is 13.5 Å². The molecule has 5 rings (SSSR count). The second-order valence-corrected chi connectivity index (χ2v) is 9.40. The summed E-state index contributed by atoms with van der Waals surface area (Å²) >= 11 is 1.40. The summed E-state index contributed by atoms with van der Waals surface area (Å²) in [4.78, 5) is 30.0. The van der Waals surface area contributed by atoms with Gasteiger partial charge in [-0.1, -0.05) is 5.16 Å². The van der Waals surface area contributed by atoms with E-state index in [9.17, 15) is 14.9 Å². The molecule has 38 heavy (non-hydrogen) atoms. The summed E-state index contributed by atoms with van der Waals surface area (Å²) in [7, 11) is 3.20. The van der Waals surface area contributed by atoms with Crippen molar-refractivity contribution in [2.75, 3.05) is 19.5 Å². The van der Waals surface area contributed by atoms with Crippen molar-refractivity contribution in [2.24, 2.45) is 0 Å². The first-order valence-electron chi connectivity index (χ1n) is 11.5. The number of ether oxygens (including phenoxy) is 2. The van der Waals surface area contributed by atoms with Crippen LogP contribution in [0.5, 0.6) is 5.75 Å². The molecular weight excluding hydrogens is 508 g/mol. The number of pyridine rings is 1. The van der Waals surface area contributed by atoms with Crippen LogP contribution in [0.4, 0.5) is 11.4 Å². The summed E-state index contributed by atoms with van der Waals surface area (Å²) in [6.07, 6.45) is 1.54. The minimum absolute atomic E-state index is 0.0983. The molecule has 11 heteroatoms. The van der Waals surface area contributed by atoms with Crippen molar-refractivity contribution < 1.29 is 23.7 Å². The topological polar surface area (TPSA) is 130 Å². The molecule has 0 aliphatic heterocycles.